The van der Waals surface area contributed by atoms with Gasteiger partial charge in [0, 0.05) is 25.8 Å². The Balaban J connectivity index is 2.52. The van der Waals surface area contributed by atoms with Gasteiger partial charge >= 0.3 is 7.12 Å². The monoisotopic (exact) mass is 440 g/mol. The maximum atomic E-state index is 6.58. The van der Waals surface area contributed by atoms with Crippen LogP contribution in [-0.2, 0) is 9.31 Å². The van der Waals surface area contributed by atoms with Crippen molar-refractivity contribution in [2.75, 3.05) is 14.1 Å². The van der Waals surface area contributed by atoms with E-state index in [1.54, 1.807) is 0 Å². The van der Waals surface area contributed by atoms with Crippen LogP contribution in [0.15, 0.2) is 48.1 Å². The van der Waals surface area contributed by atoms with Crippen LogP contribution in [0.2, 0.25) is 5.82 Å². The molecule has 0 aromatic heterocycles. The summed E-state index contributed by atoms with van der Waals surface area (Å²) in [6.45, 7) is 17.2. The predicted molar refractivity (Wildman–Crippen MR) is 138 cm³/mol. The maximum Gasteiger partial charge on any atom is 0.461 e. The Morgan fingerprint density at radius 2 is 1.69 bits per heavy atom. The number of unbranched alkanes of at least 4 members (excludes halogenated alkanes) is 1. The van der Waals surface area contributed by atoms with Gasteiger partial charge in [-0.15, -0.1) is 6.58 Å². The molecule has 0 unspecified atom stereocenters. The number of hydrogen-bond acceptors (Lipinski definition) is 4. The van der Waals surface area contributed by atoms with Crippen molar-refractivity contribution in [2.45, 2.75) is 90.7 Å². The average Bonchev–Trinajstić information content (AvgIpc) is 2.95. The molecule has 0 amide bonds. The minimum atomic E-state index is -0.339. The second-order valence-corrected chi connectivity index (χ2v) is 10.3. The lowest BCUT2D eigenvalue weighted by Gasteiger charge is -2.35. The fourth-order valence-electron chi connectivity index (χ4n) is 4.77. The summed E-state index contributed by atoms with van der Waals surface area (Å²) < 4.78 is 13.2. The third kappa shape index (κ3) is 6.26. The zero-order chi connectivity index (χ0) is 23.9. The molecule has 5 heteroatoms. The smallest absolute Gasteiger partial charge is 0.403 e. The largest absolute Gasteiger partial charge is 0.461 e. The Hall–Kier alpha value is -1.59. The second-order valence-electron chi connectivity index (χ2n) is 10.3. The fourth-order valence-corrected chi connectivity index (χ4v) is 4.77. The molecular weight excluding hydrogens is 395 g/mol. The lowest BCUT2D eigenvalue weighted by atomic mass is 9.57. The van der Waals surface area contributed by atoms with Crippen molar-refractivity contribution in [3.05, 3.63) is 48.6 Å². The van der Waals surface area contributed by atoms with Crippen LogP contribution < -0.4 is 0 Å². The minimum absolute atomic E-state index is 0.223. The van der Waals surface area contributed by atoms with E-state index in [4.69, 9.17) is 14.4 Å². The summed E-state index contributed by atoms with van der Waals surface area (Å²) in [7, 11) is 3.77. The fraction of sp³-hybridized carbons (Fsp3) is 0.667. The molecule has 0 radical (unpaired) electrons. The predicted octanol–water partition coefficient (Wildman–Crippen LogP) is 6.82. The highest BCUT2D eigenvalue weighted by molar-refractivity contribution is 6.47. The number of hydrogen-bond donors (Lipinski definition) is 0. The van der Waals surface area contributed by atoms with Gasteiger partial charge < -0.3 is 14.3 Å². The molecule has 32 heavy (non-hydrogen) atoms. The van der Waals surface area contributed by atoms with E-state index in [9.17, 15) is 0 Å². The van der Waals surface area contributed by atoms with Crippen molar-refractivity contribution in [1.29, 1.82) is 0 Å². The van der Waals surface area contributed by atoms with E-state index < -0.39 is 0 Å². The van der Waals surface area contributed by atoms with Crippen molar-refractivity contribution in [3.8, 4) is 0 Å². The van der Waals surface area contributed by atoms with Crippen LogP contribution in [0.1, 0.15) is 79.2 Å². The van der Waals surface area contributed by atoms with Gasteiger partial charge in [0.25, 0.3) is 0 Å². The highest BCUT2D eigenvalue weighted by Crippen LogP contribution is 2.47. The SMILES string of the molecule is C=CC[C@H](B1OC(C)(C)C(C)(C)O1)[C@@H](CCCC)[C@@H](CC)/C(=N/N(C)C)c1ccccc1. The Labute approximate surface area is 197 Å². The van der Waals surface area contributed by atoms with Gasteiger partial charge in [-0.25, -0.2) is 0 Å². The summed E-state index contributed by atoms with van der Waals surface area (Å²) >= 11 is 0. The van der Waals surface area contributed by atoms with Crippen LogP contribution in [0.4, 0.5) is 0 Å². The molecule has 1 aromatic rings. The van der Waals surface area contributed by atoms with Crippen LogP contribution in [0.25, 0.3) is 0 Å². The normalized spacial score (nSPS) is 20.6. The summed E-state index contributed by atoms with van der Waals surface area (Å²) in [6.07, 6.45) is 7.39. The topological polar surface area (TPSA) is 34.1 Å². The third-order valence-electron chi connectivity index (χ3n) is 7.19. The van der Waals surface area contributed by atoms with Crippen LogP contribution in [0.3, 0.4) is 0 Å². The van der Waals surface area contributed by atoms with Gasteiger partial charge in [0.2, 0.25) is 0 Å². The maximum absolute atomic E-state index is 6.58. The van der Waals surface area contributed by atoms with Gasteiger partial charge in [0.05, 0.1) is 16.9 Å². The Bertz CT molecular complexity index is 729. The molecule has 1 aliphatic heterocycles. The Morgan fingerprint density at radius 1 is 1.09 bits per heavy atom. The molecule has 0 N–H and O–H groups in total. The van der Waals surface area contributed by atoms with E-state index in [2.05, 4.69) is 78.5 Å². The van der Waals surface area contributed by atoms with Gasteiger partial charge in [-0.2, -0.15) is 5.10 Å². The molecule has 3 atom stereocenters. The summed E-state index contributed by atoms with van der Waals surface area (Å²) in [5, 5.41) is 6.95. The van der Waals surface area contributed by atoms with Crippen molar-refractivity contribution in [1.82, 2.24) is 5.01 Å². The van der Waals surface area contributed by atoms with Crippen molar-refractivity contribution in [3.63, 3.8) is 0 Å². The van der Waals surface area contributed by atoms with Gasteiger partial charge in [0.15, 0.2) is 0 Å². The molecule has 0 saturated carbocycles. The summed E-state index contributed by atoms with van der Waals surface area (Å²) in [4.78, 5) is 0. The molecular formula is C27H45BN2O2. The van der Waals surface area contributed by atoms with Gasteiger partial charge in [0.1, 0.15) is 0 Å². The molecule has 0 bridgehead atoms. The highest BCUT2D eigenvalue weighted by Gasteiger charge is 2.55. The number of nitrogens with zero attached hydrogens (tertiary/aromatic N) is 2. The lowest BCUT2D eigenvalue weighted by molar-refractivity contribution is 0.00578. The lowest BCUT2D eigenvalue weighted by Crippen LogP contribution is -2.41. The molecule has 4 nitrogen and oxygen atoms in total. The molecule has 0 spiro atoms. The van der Waals surface area contributed by atoms with Crippen molar-refractivity contribution >= 4 is 12.8 Å². The Kier molecular flexibility index (Phi) is 9.60. The number of allylic oxidation sites excluding steroid dienone is 1. The second kappa shape index (κ2) is 11.5. The van der Waals surface area contributed by atoms with E-state index in [0.29, 0.717) is 11.8 Å². The number of hydrazone groups is 1. The molecule has 178 valence electrons. The van der Waals surface area contributed by atoms with E-state index in [1.165, 1.54) is 18.4 Å². The minimum Gasteiger partial charge on any atom is -0.403 e. The summed E-state index contributed by atoms with van der Waals surface area (Å²) in [5.41, 5.74) is 1.67. The first-order chi connectivity index (χ1) is 15.1. The molecule has 1 aliphatic rings. The van der Waals surface area contributed by atoms with Gasteiger partial charge in [-0.3, -0.25) is 0 Å². The molecule has 1 aromatic carbocycles. The standard InChI is InChI=1S/C27H45BN2O2/c1-10-13-20-23(24(17-11-2)28-31-26(4,5)27(6,7)32-28)22(12-3)25(29-30(8)9)21-18-15-14-16-19-21/h11,14-16,18-19,22-24H,2,10,12-13,17,20H2,1,3-9H3/b29-25+/t22-,23+,24+/m1/s1. The van der Waals surface area contributed by atoms with Gasteiger partial charge in [-0.05, 0) is 52.0 Å². The molecule has 2 rings (SSSR count). The molecule has 1 saturated heterocycles. The zero-order valence-electron chi connectivity index (χ0n) is 21.7. The van der Waals surface area contributed by atoms with Crippen molar-refractivity contribution in [2.24, 2.45) is 16.9 Å². The molecule has 1 heterocycles. The quantitative estimate of drug-likeness (QED) is 0.155. The average molecular weight is 440 g/mol. The number of rotatable bonds is 12. The van der Waals surface area contributed by atoms with Crippen LogP contribution in [0.5, 0.6) is 0 Å². The summed E-state index contributed by atoms with van der Waals surface area (Å²) in [6, 6.07) is 10.6. The molecule has 0 aliphatic carbocycles. The van der Waals surface area contributed by atoms with Crippen molar-refractivity contribution < 1.29 is 9.31 Å². The van der Waals surface area contributed by atoms with E-state index in [-0.39, 0.29) is 24.1 Å². The first-order valence-electron chi connectivity index (χ1n) is 12.4. The van der Waals surface area contributed by atoms with E-state index in [0.717, 1.165) is 25.0 Å². The first kappa shape index (κ1) is 26.7. The van der Waals surface area contributed by atoms with Gasteiger partial charge in [-0.1, -0.05) is 69.5 Å². The first-order valence-corrected chi connectivity index (χ1v) is 12.4. The third-order valence-corrected chi connectivity index (χ3v) is 7.19. The summed E-state index contributed by atoms with van der Waals surface area (Å²) in [5.74, 6) is 0.906. The number of benzene rings is 1. The van der Waals surface area contributed by atoms with Crippen LogP contribution in [0, 0.1) is 11.8 Å². The zero-order valence-corrected chi connectivity index (χ0v) is 21.7. The van der Waals surface area contributed by atoms with E-state index >= 15 is 0 Å². The van der Waals surface area contributed by atoms with Crippen LogP contribution >= 0.6 is 0 Å². The Morgan fingerprint density at radius 3 is 2.16 bits per heavy atom. The van der Waals surface area contributed by atoms with E-state index in [1.807, 2.05) is 25.2 Å². The highest BCUT2D eigenvalue weighted by atomic mass is 16.7. The van der Waals surface area contributed by atoms with Crippen LogP contribution in [-0.4, -0.2) is 43.1 Å². The molecule has 1 fully saturated rings.